The van der Waals surface area contributed by atoms with Crippen LogP contribution < -0.4 is 10.1 Å². The molecule has 0 unspecified atom stereocenters. The highest BCUT2D eigenvalue weighted by molar-refractivity contribution is 7.22. The van der Waals surface area contributed by atoms with Crippen molar-refractivity contribution >= 4 is 32.6 Å². The molecule has 6 heteroatoms. The third kappa shape index (κ3) is 2.71. The Kier molecular flexibility index (Phi) is 3.53. The largest absolute Gasteiger partial charge is 0.494 e. The first-order chi connectivity index (χ1) is 10.2. The van der Waals surface area contributed by atoms with Crippen LogP contribution in [0.3, 0.4) is 0 Å². The Labute approximate surface area is 124 Å². The van der Waals surface area contributed by atoms with Gasteiger partial charge < -0.3 is 4.74 Å². The van der Waals surface area contributed by atoms with Crippen molar-refractivity contribution in [2.75, 3.05) is 12.4 Å². The zero-order chi connectivity index (χ0) is 14.8. The van der Waals surface area contributed by atoms with Crippen LogP contribution in [0.25, 0.3) is 10.2 Å². The van der Waals surface area contributed by atoms with Gasteiger partial charge in [-0.1, -0.05) is 23.5 Å². The van der Waals surface area contributed by atoms with E-state index in [-0.39, 0.29) is 5.56 Å². The van der Waals surface area contributed by atoms with Crippen LogP contribution in [0.2, 0.25) is 0 Å². The molecule has 0 aliphatic heterocycles. The number of rotatable bonds is 3. The predicted molar refractivity (Wildman–Crippen MR) is 80.5 cm³/mol. The Balaban J connectivity index is 1.90. The van der Waals surface area contributed by atoms with E-state index in [9.17, 15) is 9.18 Å². The second-order valence-electron chi connectivity index (χ2n) is 4.29. The third-order valence-corrected chi connectivity index (χ3v) is 3.85. The number of anilines is 1. The Morgan fingerprint density at radius 1 is 1.29 bits per heavy atom. The van der Waals surface area contributed by atoms with Gasteiger partial charge in [0.15, 0.2) is 5.13 Å². The summed E-state index contributed by atoms with van der Waals surface area (Å²) in [6, 6.07) is 11.1. The summed E-state index contributed by atoms with van der Waals surface area (Å²) in [5.41, 5.74) is 0.945. The summed E-state index contributed by atoms with van der Waals surface area (Å²) in [5.74, 6) is -0.198. The van der Waals surface area contributed by atoms with Crippen molar-refractivity contribution in [3.05, 3.63) is 53.8 Å². The number of fused-ring (bicyclic) bond motifs is 1. The van der Waals surface area contributed by atoms with Crippen molar-refractivity contribution < 1.29 is 13.9 Å². The van der Waals surface area contributed by atoms with Crippen LogP contribution in [0.5, 0.6) is 5.75 Å². The Morgan fingerprint density at radius 2 is 2.10 bits per heavy atom. The first-order valence-electron chi connectivity index (χ1n) is 6.18. The second kappa shape index (κ2) is 5.49. The standard InChI is InChI=1S/C15H11FN2O2S/c1-20-11-6-3-7-12-13(11)17-15(21-12)18-14(19)9-4-2-5-10(16)8-9/h2-8H,1H3,(H,17,18,19). The molecule has 1 aromatic heterocycles. The monoisotopic (exact) mass is 302 g/mol. The van der Waals surface area contributed by atoms with Crippen LogP contribution in [-0.2, 0) is 0 Å². The lowest BCUT2D eigenvalue weighted by molar-refractivity contribution is 0.102. The minimum absolute atomic E-state index is 0.251. The van der Waals surface area contributed by atoms with E-state index in [1.54, 1.807) is 19.2 Å². The topological polar surface area (TPSA) is 51.2 Å². The molecule has 0 aliphatic rings. The molecule has 0 aliphatic carbocycles. The maximum atomic E-state index is 13.1. The van der Waals surface area contributed by atoms with Crippen molar-refractivity contribution in [2.45, 2.75) is 0 Å². The number of hydrogen-bond acceptors (Lipinski definition) is 4. The molecule has 0 saturated heterocycles. The lowest BCUT2D eigenvalue weighted by Gasteiger charge is -2.01. The number of carbonyl (C=O) groups excluding carboxylic acids is 1. The fourth-order valence-corrected chi connectivity index (χ4v) is 2.82. The number of amides is 1. The number of carbonyl (C=O) groups is 1. The van der Waals surface area contributed by atoms with E-state index in [0.717, 1.165) is 4.70 Å². The summed E-state index contributed by atoms with van der Waals surface area (Å²) in [6.45, 7) is 0. The Morgan fingerprint density at radius 3 is 2.86 bits per heavy atom. The van der Waals surface area contributed by atoms with E-state index < -0.39 is 11.7 Å². The second-order valence-corrected chi connectivity index (χ2v) is 5.32. The summed E-state index contributed by atoms with van der Waals surface area (Å²) in [6.07, 6.45) is 0. The lowest BCUT2D eigenvalue weighted by atomic mass is 10.2. The minimum Gasteiger partial charge on any atom is -0.494 e. The molecule has 2 aromatic carbocycles. The van der Waals surface area contributed by atoms with E-state index in [1.165, 1.54) is 29.5 Å². The smallest absolute Gasteiger partial charge is 0.257 e. The molecule has 0 fully saturated rings. The van der Waals surface area contributed by atoms with E-state index in [0.29, 0.717) is 16.4 Å². The molecular weight excluding hydrogens is 291 g/mol. The van der Waals surface area contributed by atoms with Crippen LogP contribution in [0.4, 0.5) is 9.52 Å². The number of nitrogens with zero attached hydrogens (tertiary/aromatic N) is 1. The number of methoxy groups -OCH3 is 1. The Hall–Kier alpha value is -2.47. The van der Waals surface area contributed by atoms with Gasteiger partial charge >= 0.3 is 0 Å². The van der Waals surface area contributed by atoms with Crippen molar-refractivity contribution in [1.82, 2.24) is 4.98 Å². The van der Waals surface area contributed by atoms with Gasteiger partial charge in [-0.25, -0.2) is 9.37 Å². The van der Waals surface area contributed by atoms with Crippen molar-refractivity contribution in [2.24, 2.45) is 0 Å². The molecule has 1 heterocycles. The quantitative estimate of drug-likeness (QED) is 0.802. The van der Waals surface area contributed by atoms with Gasteiger partial charge in [-0.3, -0.25) is 10.1 Å². The van der Waals surface area contributed by atoms with Crippen molar-refractivity contribution in [1.29, 1.82) is 0 Å². The van der Waals surface area contributed by atoms with Gasteiger partial charge in [-0.05, 0) is 30.3 Å². The van der Waals surface area contributed by atoms with Gasteiger partial charge in [0.25, 0.3) is 5.91 Å². The van der Waals surface area contributed by atoms with Crippen molar-refractivity contribution in [3.63, 3.8) is 0 Å². The highest BCUT2D eigenvalue weighted by Crippen LogP contribution is 2.32. The average Bonchev–Trinajstić information content (AvgIpc) is 2.89. The molecule has 4 nitrogen and oxygen atoms in total. The zero-order valence-corrected chi connectivity index (χ0v) is 11.9. The molecule has 1 N–H and O–H groups in total. The van der Waals surface area contributed by atoms with E-state index in [2.05, 4.69) is 10.3 Å². The lowest BCUT2D eigenvalue weighted by Crippen LogP contribution is -2.11. The van der Waals surface area contributed by atoms with Crippen LogP contribution >= 0.6 is 11.3 Å². The summed E-state index contributed by atoms with van der Waals surface area (Å²) < 4.78 is 19.3. The average molecular weight is 302 g/mol. The van der Waals surface area contributed by atoms with Gasteiger partial charge in [-0.15, -0.1) is 0 Å². The summed E-state index contributed by atoms with van der Waals surface area (Å²) in [7, 11) is 1.57. The highest BCUT2D eigenvalue weighted by Gasteiger charge is 2.12. The fraction of sp³-hybridized carbons (Fsp3) is 0.0667. The summed E-state index contributed by atoms with van der Waals surface area (Å²) >= 11 is 1.34. The van der Waals surface area contributed by atoms with E-state index >= 15 is 0 Å². The Bertz CT molecular complexity index is 816. The SMILES string of the molecule is COc1cccc2sc(NC(=O)c3cccc(F)c3)nc12. The molecule has 1 amide bonds. The van der Waals surface area contributed by atoms with E-state index in [1.807, 2.05) is 12.1 Å². The number of halogens is 1. The van der Waals surface area contributed by atoms with Gasteiger partial charge in [0.05, 0.1) is 11.8 Å². The number of thiazole rings is 1. The predicted octanol–water partition coefficient (Wildman–Crippen LogP) is 3.70. The molecule has 0 spiro atoms. The van der Waals surface area contributed by atoms with Crippen LogP contribution in [0, 0.1) is 5.82 Å². The summed E-state index contributed by atoms with van der Waals surface area (Å²) in [5, 5.41) is 3.12. The number of ether oxygens (including phenoxy) is 1. The van der Waals surface area contributed by atoms with Crippen LogP contribution in [0.1, 0.15) is 10.4 Å². The van der Waals surface area contributed by atoms with Crippen LogP contribution in [-0.4, -0.2) is 18.0 Å². The van der Waals surface area contributed by atoms with Gasteiger partial charge in [0, 0.05) is 5.56 Å². The molecule has 0 radical (unpaired) electrons. The number of para-hydroxylation sites is 1. The number of nitrogens with one attached hydrogen (secondary N) is 1. The first kappa shape index (κ1) is 13.5. The maximum absolute atomic E-state index is 13.1. The maximum Gasteiger partial charge on any atom is 0.257 e. The number of benzene rings is 2. The highest BCUT2D eigenvalue weighted by atomic mass is 32.1. The van der Waals surface area contributed by atoms with E-state index in [4.69, 9.17) is 4.74 Å². The minimum atomic E-state index is -0.450. The van der Waals surface area contributed by atoms with Gasteiger partial charge in [0.2, 0.25) is 0 Å². The molecule has 0 bridgehead atoms. The fourth-order valence-electron chi connectivity index (χ4n) is 1.94. The number of hydrogen-bond donors (Lipinski definition) is 1. The molecule has 3 rings (SSSR count). The normalized spacial score (nSPS) is 10.6. The van der Waals surface area contributed by atoms with Gasteiger partial charge in [-0.2, -0.15) is 0 Å². The number of aromatic nitrogens is 1. The zero-order valence-electron chi connectivity index (χ0n) is 11.1. The van der Waals surface area contributed by atoms with Crippen LogP contribution in [0.15, 0.2) is 42.5 Å². The van der Waals surface area contributed by atoms with Crippen molar-refractivity contribution in [3.8, 4) is 5.75 Å². The molecule has 0 saturated carbocycles. The molecule has 21 heavy (non-hydrogen) atoms. The molecule has 0 atom stereocenters. The third-order valence-electron chi connectivity index (χ3n) is 2.91. The first-order valence-corrected chi connectivity index (χ1v) is 6.99. The molecular formula is C15H11FN2O2S. The van der Waals surface area contributed by atoms with Gasteiger partial charge in [0.1, 0.15) is 17.1 Å². The molecule has 106 valence electrons. The molecule has 3 aromatic rings. The summed E-state index contributed by atoms with van der Waals surface area (Å²) in [4.78, 5) is 16.4.